The van der Waals surface area contributed by atoms with E-state index in [9.17, 15) is 0 Å². The topological polar surface area (TPSA) is 15.3 Å². The van der Waals surface area contributed by atoms with Gasteiger partial charge in [0.15, 0.2) is 0 Å². The van der Waals surface area contributed by atoms with Gasteiger partial charge in [-0.1, -0.05) is 48.8 Å². The van der Waals surface area contributed by atoms with E-state index in [0.29, 0.717) is 5.92 Å². The first-order valence-corrected chi connectivity index (χ1v) is 9.08. The first-order valence-electron chi connectivity index (χ1n) is 8.28. The minimum Gasteiger partial charge on any atom is -0.312 e. The highest BCUT2D eigenvalue weighted by Gasteiger charge is 2.23. The molecule has 1 aliphatic carbocycles. The third kappa shape index (κ3) is 6.09. The molecule has 0 aliphatic heterocycles. The summed E-state index contributed by atoms with van der Waals surface area (Å²) in [5.74, 6) is 1.66. The van der Waals surface area contributed by atoms with E-state index in [1.54, 1.807) is 0 Å². The average Bonchev–Trinajstić information content (AvgIpc) is 3.24. The molecule has 0 bridgehead atoms. The zero-order valence-electron chi connectivity index (χ0n) is 13.7. The number of hydrogen-bond donors (Lipinski definition) is 1. The van der Waals surface area contributed by atoms with Crippen molar-refractivity contribution in [2.24, 2.45) is 11.8 Å². The fourth-order valence-corrected chi connectivity index (χ4v) is 3.10. The quantitative estimate of drug-likeness (QED) is 0.707. The highest BCUT2D eigenvalue weighted by Crippen LogP contribution is 2.30. The Labute approximate surface area is 138 Å². The molecule has 118 valence electrons. The zero-order valence-corrected chi connectivity index (χ0v) is 15.2. The van der Waals surface area contributed by atoms with Crippen molar-refractivity contribution in [2.75, 3.05) is 19.6 Å². The summed E-state index contributed by atoms with van der Waals surface area (Å²) >= 11 is 3.75. The number of nitrogens with zero attached hydrogens (tertiary/aromatic N) is 1. The lowest BCUT2D eigenvalue weighted by atomic mass is 10.1. The van der Waals surface area contributed by atoms with Crippen LogP contribution in [0.15, 0.2) is 22.7 Å². The monoisotopic (exact) mass is 352 g/mol. The van der Waals surface area contributed by atoms with Gasteiger partial charge in [0.05, 0.1) is 0 Å². The number of nitrogens with one attached hydrogen (secondary N) is 1. The third-order valence-electron chi connectivity index (χ3n) is 4.05. The van der Waals surface area contributed by atoms with Crippen LogP contribution in [0.2, 0.25) is 0 Å². The van der Waals surface area contributed by atoms with Crippen LogP contribution in [0.4, 0.5) is 0 Å². The van der Waals surface area contributed by atoms with Gasteiger partial charge in [0.1, 0.15) is 0 Å². The Balaban J connectivity index is 1.88. The van der Waals surface area contributed by atoms with Gasteiger partial charge >= 0.3 is 0 Å². The highest BCUT2D eigenvalue weighted by atomic mass is 79.9. The Morgan fingerprint density at radius 1 is 1.33 bits per heavy atom. The van der Waals surface area contributed by atoms with E-state index in [4.69, 9.17) is 0 Å². The molecule has 0 saturated heterocycles. The van der Waals surface area contributed by atoms with E-state index in [1.165, 1.54) is 35.0 Å². The van der Waals surface area contributed by atoms with E-state index >= 15 is 0 Å². The molecule has 0 aromatic heterocycles. The standard InChI is InChI=1S/C18H29BrN2/c1-4-21(12-15-5-6-15)13-17-8-7-16(9-18(17)19)11-20-10-14(2)3/h7-9,14-15,20H,4-6,10-13H2,1-3H3. The Hall–Kier alpha value is -0.380. The second-order valence-corrected chi connectivity index (χ2v) is 7.58. The van der Waals surface area contributed by atoms with Crippen molar-refractivity contribution in [3.8, 4) is 0 Å². The molecule has 1 saturated carbocycles. The summed E-state index contributed by atoms with van der Waals surface area (Å²) in [5.41, 5.74) is 2.77. The third-order valence-corrected chi connectivity index (χ3v) is 4.79. The van der Waals surface area contributed by atoms with E-state index < -0.39 is 0 Å². The van der Waals surface area contributed by atoms with Crippen molar-refractivity contribution in [1.82, 2.24) is 10.2 Å². The fourth-order valence-electron chi connectivity index (χ4n) is 2.55. The Morgan fingerprint density at radius 3 is 2.67 bits per heavy atom. The lowest BCUT2D eigenvalue weighted by Crippen LogP contribution is -2.25. The predicted octanol–water partition coefficient (Wildman–Crippen LogP) is 4.43. The molecule has 2 nitrogen and oxygen atoms in total. The second kappa shape index (κ2) is 8.30. The maximum absolute atomic E-state index is 3.75. The van der Waals surface area contributed by atoms with Gasteiger partial charge < -0.3 is 5.32 Å². The van der Waals surface area contributed by atoms with E-state index in [-0.39, 0.29) is 0 Å². The summed E-state index contributed by atoms with van der Waals surface area (Å²) < 4.78 is 1.25. The smallest absolute Gasteiger partial charge is 0.0244 e. The molecule has 0 unspecified atom stereocenters. The van der Waals surface area contributed by atoms with Crippen LogP contribution < -0.4 is 5.32 Å². The Bertz CT molecular complexity index is 441. The molecular weight excluding hydrogens is 324 g/mol. The molecule has 0 atom stereocenters. The van der Waals surface area contributed by atoms with Crippen LogP contribution in [0.3, 0.4) is 0 Å². The van der Waals surface area contributed by atoms with Crippen LogP contribution in [0.25, 0.3) is 0 Å². The predicted molar refractivity (Wildman–Crippen MR) is 94.4 cm³/mol. The van der Waals surface area contributed by atoms with Crippen LogP contribution >= 0.6 is 15.9 Å². The van der Waals surface area contributed by atoms with Gasteiger partial charge in [-0.3, -0.25) is 4.90 Å². The van der Waals surface area contributed by atoms with Gasteiger partial charge in [-0.25, -0.2) is 0 Å². The number of halogens is 1. The number of benzene rings is 1. The lowest BCUT2D eigenvalue weighted by Gasteiger charge is -2.21. The molecule has 1 aromatic carbocycles. The van der Waals surface area contributed by atoms with Crippen molar-refractivity contribution < 1.29 is 0 Å². The van der Waals surface area contributed by atoms with Gasteiger partial charge in [0, 0.05) is 24.1 Å². The first-order chi connectivity index (χ1) is 10.1. The largest absolute Gasteiger partial charge is 0.312 e. The first kappa shape index (κ1) is 17.0. The molecule has 0 heterocycles. The summed E-state index contributed by atoms with van der Waals surface area (Å²) in [6.07, 6.45) is 2.86. The van der Waals surface area contributed by atoms with Crippen LogP contribution in [0.5, 0.6) is 0 Å². The van der Waals surface area contributed by atoms with Gasteiger partial charge in [0.2, 0.25) is 0 Å². The van der Waals surface area contributed by atoms with Crippen LogP contribution in [0.1, 0.15) is 44.7 Å². The summed E-state index contributed by atoms with van der Waals surface area (Å²) in [6.45, 7) is 12.2. The fraction of sp³-hybridized carbons (Fsp3) is 0.667. The van der Waals surface area contributed by atoms with Crippen molar-refractivity contribution in [1.29, 1.82) is 0 Å². The minimum absolute atomic E-state index is 0.702. The average molecular weight is 353 g/mol. The molecular formula is C18H29BrN2. The summed E-state index contributed by atoms with van der Waals surface area (Å²) in [4.78, 5) is 2.56. The molecule has 0 spiro atoms. The molecule has 2 rings (SSSR count). The van der Waals surface area contributed by atoms with Crippen molar-refractivity contribution in [2.45, 2.75) is 46.7 Å². The molecule has 1 N–H and O–H groups in total. The van der Waals surface area contributed by atoms with Crippen LogP contribution in [0, 0.1) is 11.8 Å². The summed E-state index contributed by atoms with van der Waals surface area (Å²) in [6, 6.07) is 6.82. The van der Waals surface area contributed by atoms with E-state index in [0.717, 1.165) is 32.1 Å². The summed E-state index contributed by atoms with van der Waals surface area (Å²) in [5, 5.41) is 3.50. The molecule has 1 aliphatic rings. The molecule has 0 amide bonds. The van der Waals surface area contributed by atoms with Crippen LogP contribution in [-0.4, -0.2) is 24.5 Å². The molecule has 1 fully saturated rings. The second-order valence-electron chi connectivity index (χ2n) is 6.72. The maximum Gasteiger partial charge on any atom is 0.0244 e. The van der Waals surface area contributed by atoms with Crippen LogP contribution in [-0.2, 0) is 13.1 Å². The number of rotatable bonds is 9. The van der Waals surface area contributed by atoms with Gasteiger partial charge in [-0.05, 0) is 55.0 Å². The SMILES string of the molecule is CCN(Cc1ccc(CNCC(C)C)cc1Br)CC1CC1. The van der Waals surface area contributed by atoms with Gasteiger partial charge in [-0.15, -0.1) is 0 Å². The normalized spacial score (nSPS) is 15.1. The van der Waals surface area contributed by atoms with Crippen molar-refractivity contribution in [3.63, 3.8) is 0 Å². The van der Waals surface area contributed by atoms with E-state index in [2.05, 4.69) is 65.1 Å². The molecule has 21 heavy (non-hydrogen) atoms. The summed E-state index contributed by atoms with van der Waals surface area (Å²) in [7, 11) is 0. The highest BCUT2D eigenvalue weighted by molar-refractivity contribution is 9.10. The van der Waals surface area contributed by atoms with E-state index in [1.807, 2.05) is 0 Å². The minimum atomic E-state index is 0.702. The maximum atomic E-state index is 3.75. The lowest BCUT2D eigenvalue weighted by molar-refractivity contribution is 0.268. The van der Waals surface area contributed by atoms with Crippen molar-refractivity contribution in [3.05, 3.63) is 33.8 Å². The van der Waals surface area contributed by atoms with Gasteiger partial charge in [0.25, 0.3) is 0 Å². The van der Waals surface area contributed by atoms with Gasteiger partial charge in [-0.2, -0.15) is 0 Å². The Morgan fingerprint density at radius 2 is 2.10 bits per heavy atom. The number of hydrogen-bond acceptors (Lipinski definition) is 2. The van der Waals surface area contributed by atoms with Crippen molar-refractivity contribution >= 4 is 15.9 Å². The molecule has 0 radical (unpaired) electrons. The Kier molecular flexibility index (Phi) is 6.72. The molecule has 1 aromatic rings. The molecule has 3 heteroatoms. The zero-order chi connectivity index (χ0) is 15.2.